The summed E-state index contributed by atoms with van der Waals surface area (Å²) in [4.78, 5) is 11.2. The number of hydrogen-bond donors (Lipinski definition) is 0. The van der Waals surface area contributed by atoms with E-state index in [1.165, 1.54) is 11.3 Å². The first-order valence-corrected chi connectivity index (χ1v) is 4.68. The topological polar surface area (TPSA) is 34.9 Å². The van der Waals surface area contributed by atoms with E-state index in [1.54, 1.807) is 16.9 Å². The fraction of sp³-hybridized carbons (Fsp3) is 0.111. The van der Waals surface area contributed by atoms with Crippen LogP contribution in [-0.4, -0.2) is 16.1 Å². The molecule has 2 aromatic rings. The molecule has 0 spiro atoms. The smallest absolute Gasteiger partial charge is 0.160 e. The van der Waals surface area contributed by atoms with E-state index >= 15 is 0 Å². The van der Waals surface area contributed by atoms with Crippen molar-refractivity contribution in [3.05, 3.63) is 35.0 Å². The third-order valence-electron chi connectivity index (χ3n) is 1.67. The Hall–Kier alpha value is -1.42. The summed E-state index contributed by atoms with van der Waals surface area (Å²) in [5.41, 5.74) is 1.11. The van der Waals surface area contributed by atoms with Gasteiger partial charge in [0.15, 0.2) is 6.29 Å². The van der Waals surface area contributed by atoms with Crippen molar-refractivity contribution in [2.24, 2.45) is 0 Å². The number of aryl methyl sites for hydroxylation is 1. The van der Waals surface area contributed by atoms with Crippen LogP contribution in [0.4, 0.5) is 0 Å². The molecule has 2 aromatic heterocycles. The van der Waals surface area contributed by atoms with Gasteiger partial charge in [0.05, 0.1) is 11.1 Å². The highest BCUT2D eigenvalue weighted by molar-refractivity contribution is 7.16. The molecule has 13 heavy (non-hydrogen) atoms. The van der Waals surface area contributed by atoms with E-state index in [2.05, 4.69) is 5.10 Å². The van der Waals surface area contributed by atoms with Crippen molar-refractivity contribution in [2.45, 2.75) is 6.92 Å². The van der Waals surface area contributed by atoms with Crippen LogP contribution in [0.2, 0.25) is 0 Å². The Morgan fingerprint density at radius 3 is 2.92 bits per heavy atom. The minimum Gasteiger partial charge on any atom is -0.297 e. The van der Waals surface area contributed by atoms with Crippen LogP contribution < -0.4 is 0 Å². The second-order valence-electron chi connectivity index (χ2n) is 2.76. The number of aromatic nitrogens is 2. The summed E-state index contributed by atoms with van der Waals surface area (Å²) < 4.78 is 1.77. The number of carbonyl (C=O) groups is 1. The van der Waals surface area contributed by atoms with Crippen LogP contribution in [0.15, 0.2) is 24.5 Å². The molecule has 66 valence electrons. The third kappa shape index (κ3) is 1.53. The zero-order valence-corrected chi connectivity index (χ0v) is 7.91. The van der Waals surface area contributed by atoms with Crippen molar-refractivity contribution >= 4 is 17.6 Å². The van der Waals surface area contributed by atoms with Crippen molar-refractivity contribution in [3.63, 3.8) is 0 Å². The quantitative estimate of drug-likeness (QED) is 0.682. The molecule has 0 fully saturated rings. The Morgan fingerprint density at radius 2 is 2.38 bits per heavy atom. The highest BCUT2D eigenvalue weighted by Gasteiger charge is 2.01. The molecule has 0 saturated heterocycles. The summed E-state index contributed by atoms with van der Waals surface area (Å²) in [6, 6.07) is 3.69. The van der Waals surface area contributed by atoms with Gasteiger partial charge in [0, 0.05) is 6.20 Å². The molecule has 3 nitrogen and oxygen atoms in total. The standard InChI is InChI=1S/C9H8N2OS/c1-7-4-10-11(5-7)9-3-2-8(6-12)13-9/h2-6H,1H3. The Labute approximate surface area is 79.6 Å². The fourth-order valence-electron chi connectivity index (χ4n) is 1.06. The van der Waals surface area contributed by atoms with Crippen LogP contribution in [0.25, 0.3) is 5.00 Å². The van der Waals surface area contributed by atoms with E-state index in [4.69, 9.17) is 0 Å². The highest BCUT2D eigenvalue weighted by Crippen LogP contribution is 2.18. The van der Waals surface area contributed by atoms with E-state index in [9.17, 15) is 4.79 Å². The molecule has 0 N–H and O–H groups in total. The van der Waals surface area contributed by atoms with E-state index < -0.39 is 0 Å². The van der Waals surface area contributed by atoms with Gasteiger partial charge in [-0.15, -0.1) is 11.3 Å². The molecule has 0 aromatic carbocycles. The lowest BCUT2D eigenvalue weighted by molar-refractivity contribution is 0.112. The number of rotatable bonds is 2. The maximum atomic E-state index is 10.4. The summed E-state index contributed by atoms with van der Waals surface area (Å²) in [5.74, 6) is 0. The maximum Gasteiger partial charge on any atom is 0.160 e. The lowest BCUT2D eigenvalue weighted by Gasteiger charge is -1.92. The summed E-state index contributed by atoms with van der Waals surface area (Å²) >= 11 is 1.43. The summed E-state index contributed by atoms with van der Waals surface area (Å²) in [7, 11) is 0. The normalized spacial score (nSPS) is 10.2. The van der Waals surface area contributed by atoms with Gasteiger partial charge in [-0.2, -0.15) is 5.10 Å². The highest BCUT2D eigenvalue weighted by atomic mass is 32.1. The van der Waals surface area contributed by atoms with Gasteiger partial charge in [0.1, 0.15) is 5.00 Å². The second-order valence-corrected chi connectivity index (χ2v) is 3.85. The number of nitrogens with zero attached hydrogens (tertiary/aromatic N) is 2. The van der Waals surface area contributed by atoms with Gasteiger partial charge < -0.3 is 0 Å². The van der Waals surface area contributed by atoms with Crippen molar-refractivity contribution < 1.29 is 4.79 Å². The first kappa shape index (κ1) is 8.19. The number of hydrogen-bond acceptors (Lipinski definition) is 3. The molecular weight excluding hydrogens is 184 g/mol. The lowest BCUT2D eigenvalue weighted by atomic mass is 10.4. The Bertz CT molecular complexity index is 430. The summed E-state index contributed by atoms with van der Waals surface area (Å²) in [6.45, 7) is 1.98. The molecule has 0 unspecified atom stereocenters. The van der Waals surface area contributed by atoms with Gasteiger partial charge >= 0.3 is 0 Å². The minimum absolute atomic E-state index is 0.725. The van der Waals surface area contributed by atoms with Crippen LogP contribution in [0.3, 0.4) is 0 Å². The van der Waals surface area contributed by atoms with Crippen LogP contribution in [0.5, 0.6) is 0 Å². The van der Waals surface area contributed by atoms with Crippen LogP contribution in [0, 0.1) is 6.92 Å². The predicted molar refractivity (Wildman–Crippen MR) is 51.6 cm³/mol. The van der Waals surface area contributed by atoms with E-state index in [0.29, 0.717) is 0 Å². The molecular formula is C9H8N2OS. The summed E-state index contributed by atoms with van der Waals surface area (Å²) in [5, 5.41) is 5.11. The zero-order chi connectivity index (χ0) is 9.26. The number of carbonyl (C=O) groups excluding carboxylic acids is 1. The molecule has 2 rings (SSSR count). The zero-order valence-electron chi connectivity index (χ0n) is 7.10. The average molecular weight is 192 g/mol. The molecule has 0 aliphatic carbocycles. The van der Waals surface area contributed by atoms with E-state index in [1.807, 2.05) is 19.2 Å². The van der Waals surface area contributed by atoms with Gasteiger partial charge in [-0.3, -0.25) is 4.79 Å². The Kier molecular flexibility index (Phi) is 1.98. The second kappa shape index (κ2) is 3.14. The largest absolute Gasteiger partial charge is 0.297 e. The molecule has 4 heteroatoms. The van der Waals surface area contributed by atoms with Crippen LogP contribution >= 0.6 is 11.3 Å². The van der Waals surface area contributed by atoms with E-state index in [-0.39, 0.29) is 0 Å². The molecule has 0 aliphatic heterocycles. The molecule has 0 radical (unpaired) electrons. The first-order valence-electron chi connectivity index (χ1n) is 3.86. The molecule has 0 aliphatic rings. The molecule has 2 heterocycles. The van der Waals surface area contributed by atoms with Crippen LogP contribution in [-0.2, 0) is 0 Å². The molecule has 0 saturated carbocycles. The monoisotopic (exact) mass is 192 g/mol. The number of aldehydes is 1. The Morgan fingerprint density at radius 1 is 1.54 bits per heavy atom. The molecule has 0 amide bonds. The van der Waals surface area contributed by atoms with Crippen molar-refractivity contribution in [1.29, 1.82) is 0 Å². The molecule has 0 atom stereocenters. The average Bonchev–Trinajstić information content (AvgIpc) is 2.71. The summed E-state index contributed by atoms with van der Waals surface area (Å²) in [6.07, 6.45) is 4.57. The van der Waals surface area contributed by atoms with Crippen molar-refractivity contribution in [2.75, 3.05) is 0 Å². The van der Waals surface area contributed by atoms with E-state index in [0.717, 1.165) is 21.7 Å². The molecule has 0 bridgehead atoms. The van der Waals surface area contributed by atoms with Gasteiger partial charge in [-0.05, 0) is 24.6 Å². The SMILES string of the molecule is Cc1cnn(-c2ccc(C=O)s2)c1. The Balaban J connectivity index is 2.40. The minimum atomic E-state index is 0.725. The van der Waals surface area contributed by atoms with Gasteiger partial charge in [0.2, 0.25) is 0 Å². The number of thiophene rings is 1. The van der Waals surface area contributed by atoms with Gasteiger partial charge in [0.25, 0.3) is 0 Å². The third-order valence-corrected chi connectivity index (χ3v) is 2.67. The van der Waals surface area contributed by atoms with Gasteiger partial charge in [-0.25, -0.2) is 4.68 Å². The lowest BCUT2D eigenvalue weighted by Crippen LogP contribution is -1.88. The fourth-order valence-corrected chi connectivity index (χ4v) is 1.82. The maximum absolute atomic E-state index is 10.4. The first-order chi connectivity index (χ1) is 6.29. The van der Waals surface area contributed by atoms with Gasteiger partial charge in [-0.1, -0.05) is 0 Å². The van der Waals surface area contributed by atoms with Crippen LogP contribution in [0.1, 0.15) is 15.2 Å². The van der Waals surface area contributed by atoms with Crippen molar-refractivity contribution in [1.82, 2.24) is 9.78 Å². The van der Waals surface area contributed by atoms with Crippen molar-refractivity contribution in [3.8, 4) is 5.00 Å². The predicted octanol–water partition coefficient (Wildman–Crippen LogP) is 2.05.